The summed E-state index contributed by atoms with van der Waals surface area (Å²) in [5.74, 6) is -0.917. The zero-order valence-electron chi connectivity index (χ0n) is 17.2. The van der Waals surface area contributed by atoms with E-state index in [-0.39, 0.29) is 30.4 Å². The minimum atomic E-state index is -3.68. The average Bonchev–Trinajstić information content (AvgIpc) is 3.32. The number of halogens is 1. The number of urea groups is 1. The number of carbonyl (C=O) groups is 3. The summed E-state index contributed by atoms with van der Waals surface area (Å²) in [5, 5.41) is 2.67. The number of imide groups is 1. The van der Waals surface area contributed by atoms with Crippen LogP contribution in [0.3, 0.4) is 0 Å². The van der Waals surface area contributed by atoms with Crippen molar-refractivity contribution in [3.05, 3.63) is 52.4 Å². The molecule has 0 radical (unpaired) electrons. The number of carbonyl (C=O) groups excluding carboxylic acids is 3. The Hall–Kier alpha value is -2.47. The van der Waals surface area contributed by atoms with Crippen molar-refractivity contribution >= 4 is 50.8 Å². The first-order valence-electron chi connectivity index (χ1n) is 9.86. The first-order valence-corrected chi connectivity index (χ1v) is 12.5. The summed E-state index contributed by atoms with van der Waals surface area (Å²) in [6.45, 7) is 1.76. The normalized spacial score (nSPS) is 22.3. The molecule has 2 saturated heterocycles. The summed E-state index contributed by atoms with van der Waals surface area (Å²) >= 11 is 6.83. The highest BCUT2D eigenvalue weighted by atomic mass is 35.5. The maximum absolute atomic E-state index is 13.0. The summed E-state index contributed by atoms with van der Waals surface area (Å²) in [6.07, 6.45) is 0. The average molecular weight is 497 g/mol. The molecule has 32 heavy (non-hydrogen) atoms. The molecule has 0 aliphatic carbocycles. The van der Waals surface area contributed by atoms with E-state index in [2.05, 4.69) is 5.32 Å². The fourth-order valence-corrected chi connectivity index (χ4v) is 6.84. The maximum atomic E-state index is 13.0. The van der Waals surface area contributed by atoms with Gasteiger partial charge in [0.05, 0.1) is 4.34 Å². The summed E-state index contributed by atoms with van der Waals surface area (Å²) in [5.41, 5.74) is -0.617. The first-order chi connectivity index (χ1) is 15.1. The Morgan fingerprint density at radius 1 is 1.09 bits per heavy atom. The van der Waals surface area contributed by atoms with Gasteiger partial charge in [-0.1, -0.05) is 41.9 Å². The third kappa shape index (κ3) is 4.01. The number of benzene rings is 1. The van der Waals surface area contributed by atoms with Crippen LogP contribution < -0.4 is 5.32 Å². The van der Waals surface area contributed by atoms with Gasteiger partial charge in [-0.25, -0.2) is 13.2 Å². The van der Waals surface area contributed by atoms with Crippen LogP contribution in [0.5, 0.6) is 0 Å². The molecule has 1 aromatic carbocycles. The van der Waals surface area contributed by atoms with Crippen molar-refractivity contribution in [2.45, 2.75) is 16.7 Å². The molecule has 9 nitrogen and oxygen atoms in total. The molecule has 2 aliphatic heterocycles. The molecule has 4 rings (SSSR count). The Morgan fingerprint density at radius 3 is 2.34 bits per heavy atom. The van der Waals surface area contributed by atoms with Crippen LogP contribution in [0.2, 0.25) is 4.34 Å². The molecule has 4 amide bonds. The molecule has 0 spiro atoms. The van der Waals surface area contributed by atoms with Gasteiger partial charge in [0.25, 0.3) is 15.9 Å². The van der Waals surface area contributed by atoms with Gasteiger partial charge in [-0.05, 0) is 24.6 Å². The van der Waals surface area contributed by atoms with Gasteiger partial charge >= 0.3 is 6.03 Å². The fourth-order valence-electron chi connectivity index (χ4n) is 3.78. The lowest BCUT2D eigenvalue weighted by Crippen LogP contribution is -2.53. The standard InChI is InChI=1S/C20H21ClN4O5S2/c1-20(14-5-3-2-4-6-14)18(27)25(19(28)22-20)13-16(26)23-9-11-24(12-10-23)32(29,30)17-8-7-15(21)31-17/h2-8H,9-13H2,1H3,(H,22,28)/t20-/m1/s1. The Bertz CT molecular complexity index is 1160. The number of thiophene rings is 1. The fraction of sp³-hybridized carbons (Fsp3) is 0.350. The summed E-state index contributed by atoms with van der Waals surface area (Å²) < 4.78 is 27.3. The van der Waals surface area contributed by atoms with Gasteiger partial charge in [0.2, 0.25) is 5.91 Å². The molecule has 0 unspecified atom stereocenters. The molecule has 1 atom stereocenters. The lowest BCUT2D eigenvalue weighted by Gasteiger charge is -2.34. The van der Waals surface area contributed by atoms with E-state index in [1.165, 1.54) is 21.3 Å². The molecule has 2 aromatic rings. The highest BCUT2D eigenvalue weighted by Gasteiger charge is 2.49. The minimum Gasteiger partial charge on any atom is -0.338 e. The first kappa shape index (κ1) is 22.7. The van der Waals surface area contributed by atoms with Crippen molar-refractivity contribution in [3.8, 4) is 0 Å². The number of sulfonamides is 1. The third-order valence-electron chi connectivity index (χ3n) is 5.65. The zero-order valence-corrected chi connectivity index (χ0v) is 19.5. The van der Waals surface area contributed by atoms with Gasteiger partial charge < -0.3 is 10.2 Å². The van der Waals surface area contributed by atoms with Crippen LogP contribution in [0.1, 0.15) is 12.5 Å². The minimum absolute atomic E-state index is 0.117. The Morgan fingerprint density at radius 2 is 1.75 bits per heavy atom. The van der Waals surface area contributed by atoms with Crippen molar-refractivity contribution in [2.75, 3.05) is 32.7 Å². The molecular weight excluding hydrogens is 476 g/mol. The van der Waals surface area contributed by atoms with Crippen LogP contribution >= 0.6 is 22.9 Å². The van der Waals surface area contributed by atoms with E-state index in [0.717, 1.165) is 16.2 Å². The van der Waals surface area contributed by atoms with Crippen molar-refractivity contribution in [3.63, 3.8) is 0 Å². The van der Waals surface area contributed by atoms with Crippen molar-refractivity contribution in [1.29, 1.82) is 0 Å². The van der Waals surface area contributed by atoms with Crippen LogP contribution in [0.4, 0.5) is 4.79 Å². The number of nitrogens with zero attached hydrogens (tertiary/aromatic N) is 3. The van der Waals surface area contributed by atoms with Gasteiger partial charge in [0, 0.05) is 26.2 Å². The number of piperazine rings is 1. The van der Waals surface area contributed by atoms with E-state index in [4.69, 9.17) is 11.6 Å². The molecule has 0 saturated carbocycles. The highest BCUT2D eigenvalue weighted by Crippen LogP contribution is 2.30. The smallest absolute Gasteiger partial charge is 0.325 e. The molecule has 0 bridgehead atoms. The van der Waals surface area contributed by atoms with E-state index in [9.17, 15) is 22.8 Å². The van der Waals surface area contributed by atoms with Gasteiger partial charge in [0.15, 0.2) is 0 Å². The van der Waals surface area contributed by atoms with Crippen LogP contribution in [0.15, 0.2) is 46.7 Å². The maximum Gasteiger partial charge on any atom is 0.325 e. The van der Waals surface area contributed by atoms with Crippen LogP contribution in [0.25, 0.3) is 0 Å². The van der Waals surface area contributed by atoms with E-state index < -0.39 is 40.0 Å². The zero-order chi connectivity index (χ0) is 23.1. The molecule has 170 valence electrons. The number of rotatable bonds is 5. The quantitative estimate of drug-likeness (QED) is 0.634. The van der Waals surface area contributed by atoms with E-state index in [1.54, 1.807) is 31.2 Å². The van der Waals surface area contributed by atoms with Crippen molar-refractivity contribution in [1.82, 2.24) is 19.4 Å². The second kappa shape index (κ2) is 8.47. The molecule has 1 N–H and O–H groups in total. The number of nitrogens with one attached hydrogen (secondary N) is 1. The number of hydrogen-bond donors (Lipinski definition) is 1. The third-order valence-corrected chi connectivity index (χ3v) is 9.25. The topological polar surface area (TPSA) is 107 Å². The predicted octanol–water partition coefficient (Wildman–Crippen LogP) is 1.70. The van der Waals surface area contributed by atoms with E-state index in [0.29, 0.717) is 9.90 Å². The highest BCUT2D eigenvalue weighted by molar-refractivity contribution is 7.91. The second-order valence-electron chi connectivity index (χ2n) is 7.66. The van der Waals surface area contributed by atoms with E-state index >= 15 is 0 Å². The predicted molar refractivity (Wildman–Crippen MR) is 119 cm³/mol. The van der Waals surface area contributed by atoms with Gasteiger partial charge in [0.1, 0.15) is 16.3 Å². The summed E-state index contributed by atoms with van der Waals surface area (Å²) in [4.78, 5) is 40.6. The lowest BCUT2D eigenvalue weighted by atomic mass is 9.92. The van der Waals surface area contributed by atoms with Crippen LogP contribution in [0, 0.1) is 0 Å². The van der Waals surface area contributed by atoms with E-state index in [1.807, 2.05) is 6.07 Å². The van der Waals surface area contributed by atoms with Crippen LogP contribution in [-0.2, 0) is 25.2 Å². The van der Waals surface area contributed by atoms with Crippen LogP contribution in [-0.4, -0.2) is 73.1 Å². The SMILES string of the molecule is C[C@]1(c2ccccc2)NC(=O)N(CC(=O)N2CCN(S(=O)(=O)c3ccc(Cl)s3)CC2)C1=O. The van der Waals surface area contributed by atoms with Gasteiger partial charge in [-0.3, -0.25) is 14.5 Å². The van der Waals surface area contributed by atoms with Gasteiger partial charge in [-0.15, -0.1) is 11.3 Å². The Balaban J connectivity index is 1.39. The molecule has 2 fully saturated rings. The largest absolute Gasteiger partial charge is 0.338 e. The Labute approximate surface area is 194 Å². The molecular formula is C20H21ClN4O5S2. The Kier molecular flexibility index (Phi) is 6.01. The monoisotopic (exact) mass is 496 g/mol. The second-order valence-corrected chi connectivity index (χ2v) is 11.5. The number of amides is 4. The molecule has 3 heterocycles. The molecule has 2 aliphatic rings. The van der Waals surface area contributed by atoms with Gasteiger partial charge in [-0.2, -0.15) is 4.31 Å². The number of hydrogen-bond acceptors (Lipinski definition) is 6. The lowest BCUT2D eigenvalue weighted by molar-refractivity contribution is -0.139. The summed E-state index contributed by atoms with van der Waals surface area (Å²) in [7, 11) is -3.68. The van der Waals surface area contributed by atoms with Crippen molar-refractivity contribution in [2.24, 2.45) is 0 Å². The van der Waals surface area contributed by atoms with Crippen molar-refractivity contribution < 1.29 is 22.8 Å². The molecule has 12 heteroatoms. The molecule has 1 aromatic heterocycles. The summed E-state index contributed by atoms with van der Waals surface area (Å²) in [6, 6.07) is 11.2.